The van der Waals surface area contributed by atoms with Crippen molar-refractivity contribution in [1.82, 2.24) is 4.90 Å². The van der Waals surface area contributed by atoms with Crippen LogP contribution in [0.3, 0.4) is 0 Å². The number of carbonyl (C=O) groups excluding carboxylic acids is 1. The maximum Gasteiger partial charge on any atom is 0.417 e. The van der Waals surface area contributed by atoms with Gasteiger partial charge >= 0.3 is 6.18 Å². The fraction of sp³-hybridized carbons (Fsp3) is 0.222. The van der Waals surface area contributed by atoms with E-state index < -0.39 is 17.7 Å². The molecular weight excluding hydrogens is 333 g/mol. The predicted octanol–water partition coefficient (Wildman–Crippen LogP) is 4.17. The molecule has 0 aliphatic carbocycles. The van der Waals surface area contributed by atoms with Crippen LogP contribution in [0.1, 0.15) is 17.7 Å². The Bertz CT molecular complexity index is 760. The highest BCUT2D eigenvalue weighted by Gasteiger charge is 2.35. The highest BCUT2D eigenvalue weighted by Crippen LogP contribution is 2.33. The molecule has 1 amide bonds. The van der Waals surface area contributed by atoms with Gasteiger partial charge in [-0.3, -0.25) is 4.79 Å². The van der Waals surface area contributed by atoms with E-state index in [4.69, 9.17) is 9.68 Å². The van der Waals surface area contributed by atoms with Crippen LogP contribution in [0.5, 0.6) is 0 Å². The molecule has 0 aliphatic heterocycles. The maximum absolute atomic E-state index is 13.3. The van der Waals surface area contributed by atoms with E-state index in [0.29, 0.717) is 11.8 Å². The van der Waals surface area contributed by atoms with Crippen molar-refractivity contribution in [3.8, 4) is 6.07 Å². The van der Waals surface area contributed by atoms with Gasteiger partial charge in [-0.15, -0.1) is 0 Å². The summed E-state index contributed by atoms with van der Waals surface area (Å²) < 4.78 is 45.2. The van der Waals surface area contributed by atoms with E-state index in [1.807, 2.05) is 6.07 Å². The lowest BCUT2D eigenvalue weighted by Crippen LogP contribution is -2.30. The van der Waals surface area contributed by atoms with E-state index in [0.717, 1.165) is 4.90 Å². The van der Waals surface area contributed by atoms with Crippen LogP contribution >= 0.6 is 0 Å². The molecule has 0 fully saturated rings. The van der Waals surface area contributed by atoms with Crippen LogP contribution in [-0.2, 0) is 11.3 Å². The molecule has 1 aromatic carbocycles. The van der Waals surface area contributed by atoms with Gasteiger partial charge in [0.2, 0.25) is 5.91 Å². The summed E-state index contributed by atoms with van der Waals surface area (Å²) in [5.74, 6) is -0.407. The van der Waals surface area contributed by atoms with Gasteiger partial charge in [-0.05, 0) is 17.7 Å². The first-order chi connectivity index (χ1) is 11.9. The van der Waals surface area contributed by atoms with Crippen molar-refractivity contribution < 1.29 is 22.4 Å². The molecule has 7 heteroatoms. The molecule has 25 heavy (non-hydrogen) atoms. The number of nitrogens with zero attached hydrogens (tertiary/aromatic N) is 2. The minimum Gasteiger partial charge on any atom is -0.467 e. The van der Waals surface area contributed by atoms with Crippen molar-refractivity contribution in [2.75, 3.05) is 6.54 Å². The molecule has 0 atom stereocenters. The lowest BCUT2D eigenvalue weighted by Gasteiger charge is -2.20. The van der Waals surface area contributed by atoms with Crippen molar-refractivity contribution in [1.29, 1.82) is 5.26 Å². The molecule has 0 spiro atoms. The second kappa shape index (κ2) is 8.20. The van der Waals surface area contributed by atoms with E-state index in [1.165, 1.54) is 30.5 Å². The first-order valence-electron chi connectivity index (χ1n) is 7.44. The molecular formula is C18H15F3N2O2. The van der Waals surface area contributed by atoms with Gasteiger partial charge in [0.15, 0.2) is 0 Å². The molecule has 0 radical (unpaired) electrons. The Labute approximate surface area is 142 Å². The standard InChI is InChI=1S/C18H15F3N2O2/c19-18(20,21)16(14-6-2-1-3-7-14)12-17(24)23(10-5-9-22)13-15-8-4-11-25-15/h1-4,6-8,11-12H,5,10,13H2/b16-12+. The van der Waals surface area contributed by atoms with Gasteiger partial charge in [0.05, 0.1) is 30.9 Å². The van der Waals surface area contributed by atoms with Crippen molar-refractivity contribution in [3.05, 3.63) is 66.1 Å². The number of alkyl halides is 3. The smallest absolute Gasteiger partial charge is 0.417 e. The van der Waals surface area contributed by atoms with E-state index >= 15 is 0 Å². The Morgan fingerprint density at radius 1 is 1.20 bits per heavy atom. The van der Waals surface area contributed by atoms with E-state index in [1.54, 1.807) is 18.2 Å². The quantitative estimate of drug-likeness (QED) is 0.736. The van der Waals surface area contributed by atoms with Gasteiger partial charge in [-0.2, -0.15) is 18.4 Å². The fourth-order valence-corrected chi connectivity index (χ4v) is 2.20. The molecule has 2 aromatic rings. The highest BCUT2D eigenvalue weighted by atomic mass is 19.4. The van der Waals surface area contributed by atoms with Crippen LogP contribution in [0.15, 0.2) is 59.2 Å². The van der Waals surface area contributed by atoms with Gasteiger partial charge < -0.3 is 9.32 Å². The molecule has 0 N–H and O–H groups in total. The summed E-state index contributed by atoms with van der Waals surface area (Å²) in [6.07, 6.45) is -2.70. The number of allylic oxidation sites excluding steroid dienone is 1. The second-order valence-corrected chi connectivity index (χ2v) is 5.17. The molecule has 2 rings (SSSR count). The lowest BCUT2D eigenvalue weighted by molar-refractivity contribution is -0.127. The topological polar surface area (TPSA) is 57.2 Å². The van der Waals surface area contributed by atoms with Crippen LogP contribution in [0.2, 0.25) is 0 Å². The third-order valence-electron chi connectivity index (χ3n) is 3.39. The molecule has 4 nitrogen and oxygen atoms in total. The number of nitriles is 1. The molecule has 0 unspecified atom stereocenters. The molecule has 0 bridgehead atoms. The Hall–Kier alpha value is -3.01. The predicted molar refractivity (Wildman–Crippen MR) is 84.8 cm³/mol. The number of hydrogen-bond donors (Lipinski definition) is 0. The summed E-state index contributed by atoms with van der Waals surface area (Å²) in [4.78, 5) is 13.6. The van der Waals surface area contributed by atoms with Crippen molar-refractivity contribution in [3.63, 3.8) is 0 Å². The summed E-state index contributed by atoms with van der Waals surface area (Å²) in [7, 11) is 0. The molecule has 130 valence electrons. The van der Waals surface area contributed by atoms with Gasteiger partial charge in [0, 0.05) is 12.6 Å². The minimum absolute atomic E-state index is 0.00641. The Morgan fingerprint density at radius 2 is 1.92 bits per heavy atom. The third kappa shape index (κ3) is 5.24. The average molecular weight is 348 g/mol. The number of benzene rings is 1. The molecule has 1 aromatic heterocycles. The SMILES string of the molecule is N#CCCN(Cc1ccco1)C(=O)/C=C(\c1ccccc1)C(F)(F)F. The van der Waals surface area contributed by atoms with Crippen LogP contribution in [0, 0.1) is 11.3 Å². The fourth-order valence-electron chi connectivity index (χ4n) is 2.20. The third-order valence-corrected chi connectivity index (χ3v) is 3.39. The number of carbonyl (C=O) groups is 1. The number of halogens is 3. The largest absolute Gasteiger partial charge is 0.467 e. The van der Waals surface area contributed by atoms with Gasteiger partial charge in [0.1, 0.15) is 5.76 Å². The van der Waals surface area contributed by atoms with Gasteiger partial charge in [0.25, 0.3) is 0 Å². The Balaban J connectivity index is 2.31. The van der Waals surface area contributed by atoms with Crippen LogP contribution in [0.4, 0.5) is 13.2 Å². The number of hydrogen-bond acceptors (Lipinski definition) is 3. The zero-order valence-corrected chi connectivity index (χ0v) is 13.2. The van der Waals surface area contributed by atoms with Crippen molar-refractivity contribution in [2.24, 2.45) is 0 Å². The molecule has 0 aliphatic rings. The second-order valence-electron chi connectivity index (χ2n) is 5.17. The summed E-state index contributed by atoms with van der Waals surface area (Å²) in [5.41, 5.74) is -1.12. The van der Waals surface area contributed by atoms with Gasteiger partial charge in [-0.1, -0.05) is 30.3 Å². The summed E-state index contributed by atoms with van der Waals surface area (Å²) in [5, 5.41) is 8.71. The van der Waals surface area contributed by atoms with Crippen LogP contribution < -0.4 is 0 Å². The Morgan fingerprint density at radius 3 is 2.48 bits per heavy atom. The minimum atomic E-state index is -4.68. The van der Waals surface area contributed by atoms with E-state index in [-0.39, 0.29) is 25.1 Å². The Kier molecular flexibility index (Phi) is 6.01. The van der Waals surface area contributed by atoms with Crippen molar-refractivity contribution in [2.45, 2.75) is 19.1 Å². The first-order valence-corrected chi connectivity index (χ1v) is 7.44. The van der Waals surface area contributed by atoms with Gasteiger partial charge in [-0.25, -0.2) is 0 Å². The lowest BCUT2D eigenvalue weighted by atomic mass is 10.0. The zero-order chi connectivity index (χ0) is 18.3. The number of rotatable bonds is 6. The highest BCUT2D eigenvalue weighted by molar-refractivity contribution is 5.96. The molecule has 0 saturated heterocycles. The van der Waals surface area contributed by atoms with E-state index in [9.17, 15) is 18.0 Å². The average Bonchev–Trinajstić information content (AvgIpc) is 3.09. The molecule has 1 heterocycles. The number of furan rings is 1. The summed E-state index contributed by atoms with van der Waals surface area (Å²) in [6.45, 7) is -0.00357. The summed E-state index contributed by atoms with van der Waals surface area (Å²) in [6, 6.07) is 12.2. The number of amides is 1. The van der Waals surface area contributed by atoms with Crippen LogP contribution in [0.25, 0.3) is 5.57 Å². The zero-order valence-electron chi connectivity index (χ0n) is 13.2. The first kappa shape index (κ1) is 18.3. The van der Waals surface area contributed by atoms with E-state index in [2.05, 4.69) is 0 Å². The summed E-state index contributed by atoms with van der Waals surface area (Å²) >= 11 is 0. The molecule has 0 saturated carbocycles. The monoisotopic (exact) mass is 348 g/mol. The van der Waals surface area contributed by atoms with Crippen LogP contribution in [-0.4, -0.2) is 23.5 Å². The maximum atomic E-state index is 13.3. The van der Waals surface area contributed by atoms with Crippen molar-refractivity contribution >= 4 is 11.5 Å². The normalized spacial score (nSPS) is 11.8.